The van der Waals surface area contributed by atoms with Gasteiger partial charge < -0.3 is 9.67 Å². The van der Waals surface area contributed by atoms with Crippen molar-refractivity contribution >= 4 is 46.6 Å². The van der Waals surface area contributed by atoms with Crippen molar-refractivity contribution in [3.63, 3.8) is 0 Å². The summed E-state index contributed by atoms with van der Waals surface area (Å²) in [5, 5.41) is 9.31. The van der Waals surface area contributed by atoms with Gasteiger partial charge in [-0.25, -0.2) is 9.78 Å². The second kappa shape index (κ2) is 5.65. The number of nitrogens with zero attached hydrogens (tertiary/aromatic N) is 2. The molecule has 0 bridgehead atoms. The van der Waals surface area contributed by atoms with E-state index in [1.807, 2.05) is 13.8 Å². The fourth-order valence-electron chi connectivity index (χ4n) is 1.75. The van der Waals surface area contributed by atoms with Gasteiger partial charge in [-0.1, -0.05) is 0 Å². The Kier molecular flexibility index (Phi) is 4.67. The van der Waals surface area contributed by atoms with E-state index in [0.29, 0.717) is 17.6 Å². The third kappa shape index (κ3) is 2.48. The van der Waals surface area contributed by atoms with Crippen molar-refractivity contribution in [2.45, 2.75) is 20.4 Å². The zero-order valence-electron chi connectivity index (χ0n) is 10.6. The van der Waals surface area contributed by atoms with Gasteiger partial charge in [-0.3, -0.25) is 4.79 Å². The van der Waals surface area contributed by atoms with Crippen LogP contribution in [-0.2, 0) is 6.54 Å². The number of hydrogen-bond donors (Lipinski definition) is 1. The summed E-state index contributed by atoms with van der Waals surface area (Å²) in [5.41, 5.74) is 0.624. The molecule has 0 aliphatic carbocycles. The van der Waals surface area contributed by atoms with Crippen LogP contribution in [-0.4, -0.2) is 50.2 Å². The first-order chi connectivity index (χ1) is 8.04. The second-order valence-corrected chi connectivity index (χ2v) is 3.79. The molecule has 0 saturated carbocycles. The van der Waals surface area contributed by atoms with Crippen LogP contribution < -0.4 is 5.43 Å². The molecule has 2 rings (SSSR count). The topological polar surface area (TPSA) is 72.2 Å². The summed E-state index contributed by atoms with van der Waals surface area (Å²) in [4.78, 5) is 27.2. The van der Waals surface area contributed by atoms with Gasteiger partial charge in [0.25, 0.3) is 0 Å². The molecule has 1 radical (unpaired) electrons. The Bertz CT molecular complexity index is 664. The summed E-state index contributed by atoms with van der Waals surface area (Å²) in [6.45, 7) is 4.27. The maximum atomic E-state index is 11.9. The van der Waals surface area contributed by atoms with Crippen LogP contribution in [0.2, 0.25) is 0 Å². The summed E-state index contributed by atoms with van der Waals surface area (Å²) in [5.74, 6) is -1.21. The van der Waals surface area contributed by atoms with E-state index in [1.54, 1.807) is 16.7 Å². The molecule has 0 atom stereocenters. The van der Waals surface area contributed by atoms with Crippen LogP contribution in [0, 0.1) is 6.92 Å². The average molecular weight is 255 g/mol. The molecular weight excluding hydrogens is 243 g/mol. The average Bonchev–Trinajstić information content (AvgIpc) is 2.29. The molecule has 0 saturated heterocycles. The maximum Gasteiger partial charge on any atom is 0.341 e. The summed E-state index contributed by atoms with van der Waals surface area (Å²) < 4.78 is 1.67. The SMILES string of the molecule is CCn1cc(C(=O)O)c(=O)c2ccc(C)nc21.[Na]. The van der Waals surface area contributed by atoms with Crippen molar-refractivity contribution in [2.75, 3.05) is 0 Å². The minimum Gasteiger partial charge on any atom is -0.477 e. The van der Waals surface area contributed by atoms with E-state index in [4.69, 9.17) is 5.11 Å². The number of carboxylic acids is 1. The van der Waals surface area contributed by atoms with Crippen molar-refractivity contribution in [3.8, 4) is 0 Å². The molecular formula is C12H12N2NaO3. The Morgan fingerprint density at radius 3 is 2.67 bits per heavy atom. The van der Waals surface area contributed by atoms with E-state index in [9.17, 15) is 9.59 Å². The third-order valence-corrected chi connectivity index (χ3v) is 2.63. The number of carboxylic acid groups (broad SMARTS) is 1. The van der Waals surface area contributed by atoms with E-state index in [0.717, 1.165) is 5.69 Å². The van der Waals surface area contributed by atoms with Crippen molar-refractivity contribution in [1.82, 2.24) is 9.55 Å². The van der Waals surface area contributed by atoms with Gasteiger partial charge in [-0.15, -0.1) is 0 Å². The smallest absolute Gasteiger partial charge is 0.341 e. The van der Waals surface area contributed by atoms with E-state index in [1.165, 1.54) is 6.20 Å². The third-order valence-electron chi connectivity index (χ3n) is 2.63. The van der Waals surface area contributed by atoms with Gasteiger partial charge in [-0.05, 0) is 26.0 Å². The van der Waals surface area contributed by atoms with E-state index in [2.05, 4.69) is 4.98 Å². The molecule has 2 aromatic heterocycles. The van der Waals surface area contributed by atoms with Crippen molar-refractivity contribution in [2.24, 2.45) is 0 Å². The molecule has 0 fully saturated rings. The zero-order chi connectivity index (χ0) is 12.6. The Morgan fingerprint density at radius 1 is 1.44 bits per heavy atom. The summed E-state index contributed by atoms with van der Waals surface area (Å²) in [6.07, 6.45) is 1.35. The molecule has 1 N–H and O–H groups in total. The van der Waals surface area contributed by atoms with Crippen LogP contribution in [0.5, 0.6) is 0 Å². The minimum absolute atomic E-state index is 0. The Balaban J connectivity index is 0.00000162. The van der Waals surface area contributed by atoms with Gasteiger partial charge in [0, 0.05) is 48.0 Å². The van der Waals surface area contributed by atoms with E-state index in [-0.39, 0.29) is 35.1 Å². The first-order valence-corrected chi connectivity index (χ1v) is 5.28. The van der Waals surface area contributed by atoms with Crippen LogP contribution in [0.25, 0.3) is 11.0 Å². The Hall–Kier alpha value is -1.17. The number of rotatable bonds is 2. The van der Waals surface area contributed by atoms with Crippen molar-refractivity contribution in [1.29, 1.82) is 0 Å². The second-order valence-electron chi connectivity index (χ2n) is 3.79. The molecule has 0 aromatic carbocycles. The molecule has 2 heterocycles. The molecule has 0 unspecified atom stereocenters. The first-order valence-electron chi connectivity index (χ1n) is 5.28. The molecule has 6 heteroatoms. The number of aromatic carboxylic acids is 1. The number of fused-ring (bicyclic) bond motifs is 1. The molecule has 2 aromatic rings. The predicted octanol–water partition coefficient (Wildman–Crippen LogP) is 1.04. The summed E-state index contributed by atoms with van der Waals surface area (Å²) >= 11 is 0. The van der Waals surface area contributed by atoms with Crippen LogP contribution in [0.3, 0.4) is 0 Å². The molecule has 0 aliphatic heterocycles. The van der Waals surface area contributed by atoms with E-state index >= 15 is 0 Å². The van der Waals surface area contributed by atoms with E-state index < -0.39 is 11.4 Å². The van der Waals surface area contributed by atoms with Crippen LogP contribution >= 0.6 is 0 Å². The first kappa shape index (κ1) is 14.9. The quantitative estimate of drug-likeness (QED) is 0.814. The largest absolute Gasteiger partial charge is 0.477 e. The number of carbonyl (C=O) groups is 1. The number of aryl methyl sites for hydroxylation is 2. The van der Waals surface area contributed by atoms with Gasteiger partial charge >= 0.3 is 5.97 Å². The summed E-state index contributed by atoms with van der Waals surface area (Å²) in [7, 11) is 0. The predicted molar refractivity (Wildman–Crippen MR) is 69.1 cm³/mol. The number of hydrogen-bond acceptors (Lipinski definition) is 3. The fourth-order valence-corrected chi connectivity index (χ4v) is 1.75. The monoisotopic (exact) mass is 255 g/mol. The van der Waals surface area contributed by atoms with Gasteiger partial charge in [0.05, 0.1) is 5.39 Å². The fraction of sp³-hybridized carbons (Fsp3) is 0.250. The standard InChI is InChI=1S/C12H12N2O3.Na/c1-3-14-6-9(12(16)17)10(15)8-5-4-7(2)13-11(8)14;/h4-6H,3H2,1-2H3,(H,16,17);. The summed E-state index contributed by atoms with van der Waals surface area (Å²) in [6, 6.07) is 3.33. The van der Waals surface area contributed by atoms with Gasteiger partial charge in [0.15, 0.2) is 0 Å². The minimum atomic E-state index is -1.21. The molecule has 0 amide bonds. The van der Waals surface area contributed by atoms with Crippen molar-refractivity contribution in [3.05, 3.63) is 39.8 Å². The van der Waals surface area contributed by atoms with Crippen molar-refractivity contribution < 1.29 is 9.90 Å². The number of aromatic nitrogens is 2. The number of pyridine rings is 2. The zero-order valence-corrected chi connectivity index (χ0v) is 12.6. The maximum absolute atomic E-state index is 11.9. The molecule has 0 spiro atoms. The molecule has 89 valence electrons. The van der Waals surface area contributed by atoms with Gasteiger partial charge in [0.1, 0.15) is 11.2 Å². The van der Waals surface area contributed by atoms with Gasteiger partial charge in [-0.2, -0.15) is 0 Å². The molecule has 0 aliphatic rings. The van der Waals surface area contributed by atoms with Crippen LogP contribution in [0.1, 0.15) is 23.0 Å². The Labute approximate surface area is 126 Å². The van der Waals surface area contributed by atoms with Crippen LogP contribution in [0.15, 0.2) is 23.1 Å². The van der Waals surface area contributed by atoms with Crippen LogP contribution in [0.4, 0.5) is 0 Å². The van der Waals surface area contributed by atoms with Gasteiger partial charge in [0.2, 0.25) is 5.43 Å². The molecule has 18 heavy (non-hydrogen) atoms. The molecule has 5 nitrogen and oxygen atoms in total. The Morgan fingerprint density at radius 2 is 2.11 bits per heavy atom. The normalized spacial score (nSPS) is 10.1.